The molecule has 0 aromatic carbocycles. The molecule has 0 spiro atoms. The first-order valence-electron chi connectivity index (χ1n) is 4.17. The van der Waals surface area contributed by atoms with Crippen molar-refractivity contribution in [3.05, 3.63) is 28.5 Å². The fraction of sp³-hybridized carbons (Fsp3) is 0.444. The highest BCUT2D eigenvalue weighted by molar-refractivity contribution is 9.10. The summed E-state index contributed by atoms with van der Waals surface area (Å²) in [6.45, 7) is 0. The van der Waals surface area contributed by atoms with Gasteiger partial charge in [0, 0.05) is 10.7 Å². The number of alkyl halides is 3. The molecule has 1 aromatic heterocycles. The van der Waals surface area contributed by atoms with Gasteiger partial charge in [-0.05, 0) is 42.2 Å². The van der Waals surface area contributed by atoms with E-state index in [-0.39, 0.29) is 5.69 Å². The lowest BCUT2D eigenvalue weighted by molar-refractivity contribution is -0.180. The van der Waals surface area contributed by atoms with Gasteiger partial charge in [0.1, 0.15) is 6.04 Å². The van der Waals surface area contributed by atoms with Gasteiger partial charge in [0.05, 0.1) is 5.69 Å². The smallest absolute Gasteiger partial charge is 0.293 e. The van der Waals surface area contributed by atoms with Crippen LogP contribution in [-0.2, 0) is 0 Å². The summed E-state index contributed by atoms with van der Waals surface area (Å²) in [5.41, 5.74) is -0.00398. The standard InChI is InChI=1S/C9H10BrF3N2/c1-15(2)8(9(11,12)13)7-4-3-6(10)5-14-7/h3-5,8H,1-2H3. The Balaban J connectivity index is 3.05. The third-order valence-electron chi connectivity index (χ3n) is 1.86. The number of rotatable bonds is 2. The third-order valence-corrected chi connectivity index (χ3v) is 2.33. The van der Waals surface area contributed by atoms with Crippen LogP contribution in [-0.4, -0.2) is 30.2 Å². The van der Waals surface area contributed by atoms with Gasteiger partial charge in [-0.3, -0.25) is 9.88 Å². The molecule has 6 heteroatoms. The van der Waals surface area contributed by atoms with Crippen molar-refractivity contribution >= 4 is 15.9 Å². The summed E-state index contributed by atoms with van der Waals surface area (Å²) < 4.78 is 38.6. The van der Waals surface area contributed by atoms with Gasteiger partial charge in [0.25, 0.3) is 0 Å². The molecule has 0 amide bonds. The van der Waals surface area contributed by atoms with Crippen molar-refractivity contribution < 1.29 is 13.2 Å². The fourth-order valence-corrected chi connectivity index (χ4v) is 1.51. The SMILES string of the molecule is CN(C)C(c1ccc(Br)cn1)C(F)(F)F. The molecule has 84 valence electrons. The van der Waals surface area contributed by atoms with Crippen molar-refractivity contribution in [3.63, 3.8) is 0 Å². The lowest BCUT2D eigenvalue weighted by Gasteiger charge is -2.25. The van der Waals surface area contributed by atoms with Crippen molar-refractivity contribution in [1.82, 2.24) is 9.88 Å². The molecular weight excluding hydrogens is 273 g/mol. The number of pyridine rings is 1. The number of hydrogen-bond acceptors (Lipinski definition) is 2. The number of hydrogen-bond donors (Lipinski definition) is 0. The van der Waals surface area contributed by atoms with Gasteiger partial charge in [0.2, 0.25) is 0 Å². The molecule has 1 rings (SSSR count). The first kappa shape index (κ1) is 12.4. The zero-order valence-electron chi connectivity index (χ0n) is 8.22. The van der Waals surface area contributed by atoms with E-state index in [2.05, 4.69) is 20.9 Å². The minimum Gasteiger partial charge on any atom is -0.293 e. The van der Waals surface area contributed by atoms with Crippen molar-refractivity contribution in [3.8, 4) is 0 Å². The largest absolute Gasteiger partial charge is 0.409 e. The van der Waals surface area contributed by atoms with Crippen molar-refractivity contribution in [1.29, 1.82) is 0 Å². The summed E-state index contributed by atoms with van der Waals surface area (Å²) in [6.07, 6.45) is -2.96. The van der Waals surface area contributed by atoms with Crippen LogP contribution in [0.25, 0.3) is 0 Å². The summed E-state index contributed by atoms with van der Waals surface area (Å²) in [6, 6.07) is 1.25. The summed E-state index contributed by atoms with van der Waals surface area (Å²) in [4.78, 5) is 4.85. The molecule has 1 aromatic rings. The van der Waals surface area contributed by atoms with Crippen molar-refractivity contribution in [2.45, 2.75) is 12.2 Å². The predicted molar refractivity (Wildman–Crippen MR) is 54.4 cm³/mol. The molecule has 0 fully saturated rings. The molecule has 0 aliphatic rings. The molecule has 0 aliphatic heterocycles. The fourth-order valence-electron chi connectivity index (χ4n) is 1.27. The second-order valence-corrected chi connectivity index (χ2v) is 4.22. The summed E-state index contributed by atoms with van der Waals surface area (Å²) in [5.74, 6) is 0. The van der Waals surface area contributed by atoms with Gasteiger partial charge in [-0.15, -0.1) is 0 Å². The Morgan fingerprint density at radius 3 is 2.27 bits per heavy atom. The highest BCUT2D eigenvalue weighted by Crippen LogP contribution is 2.35. The highest BCUT2D eigenvalue weighted by atomic mass is 79.9. The van der Waals surface area contributed by atoms with Crippen LogP contribution in [0.4, 0.5) is 13.2 Å². The average molecular weight is 283 g/mol. The molecule has 1 unspecified atom stereocenters. The van der Waals surface area contributed by atoms with Crippen LogP contribution in [0.3, 0.4) is 0 Å². The monoisotopic (exact) mass is 282 g/mol. The van der Waals surface area contributed by atoms with Gasteiger partial charge in [-0.2, -0.15) is 13.2 Å². The minimum absolute atomic E-state index is 0.00398. The topological polar surface area (TPSA) is 16.1 Å². The second-order valence-electron chi connectivity index (χ2n) is 3.31. The van der Waals surface area contributed by atoms with Gasteiger partial charge in [-0.25, -0.2) is 0 Å². The molecular formula is C9H10BrF3N2. The normalized spacial score (nSPS) is 14.3. The molecule has 0 radical (unpaired) electrons. The Kier molecular flexibility index (Phi) is 3.72. The van der Waals surface area contributed by atoms with E-state index in [1.807, 2.05) is 0 Å². The molecule has 0 bridgehead atoms. The minimum atomic E-state index is -4.32. The zero-order valence-corrected chi connectivity index (χ0v) is 9.80. The van der Waals surface area contributed by atoms with Gasteiger partial charge in [0.15, 0.2) is 0 Å². The number of halogens is 4. The van der Waals surface area contributed by atoms with Crippen LogP contribution in [0.15, 0.2) is 22.8 Å². The Bertz CT molecular complexity index is 321. The Morgan fingerprint density at radius 2 is 1.93 bits per heavy atom. The van der Waals surface area contributed by atoms with Crippen LogP contribution in [0.2, 0.25) is 0 Å². The van der Waals surface area contributed by atoms with E-state index in [0.29, 0.717) is 4.47 Å². The van der Waals surface area contributed by atoms with Gasteiger partial charge in [-0.1, -0.05) is 0 Å². The Morgan fingerprint density at radius 1 is 1.33 bits per heavy atom. The zero-order chi connectivity index (χ0) is 11.6. The number of nitrogens with zero attached hydrogens (tertiary/aromatic N) is 2. The Labute approximate surface area is 94.2 Å². The molecule has 0 N–H and O–H groups in total. The predicted octanol–water partition coefficient (Wildman–Crippen LogP) is 3.01. The third kappa shape index (κ3) is 3.17. The summed E-state index contributed by atoms with van der Waals surface area (Å²) in [7, 11) is 2.75. The van der Waals surface area contributed by atoms with E-state index in [0.717, 1.165) is 4.90 Å². The van der Waals surface area contributed by atoms with Gasteiger partial charge >= 0.3 is 6.18 Å². The first-order chi connectivity index (χ1) is 6.82. The molecule has 0 saturated heterocycles. The van der Waals surface area contributed by atoms with E-state index in [4.69, 9.17) is 0 Å². The molecule has 0 aliphatic carbocycles. The second kappa shape index (κ2) is 4.49. The molecule has 1 atom stereocenters. The van der Waals surface area contributed by atoms with E-state index in [9.17, 15) is 13.2 Å². The maximum atomic E-state index is 12.7. The molecule has 1 heterocycles. The maximum Gasteiger partial charge on any atom is 0.409 e. The lowest BCUT2D eigenvalue weighted by atomic mass is 10.1. The molecule has 2 nitrogen and oxygen atoms in total. The van der Waals surface area contributed by atoms with Crippen LogP contribution in [0, 0.1) is 0 Å². The highest BCUT2D eigenvalue weighted by Gasteiger charge is 2.43. The average Bonchev–Trinajstić information content (AvgIpc) is 2.05. The Hall–Kier alpha value is -0.620. The summed E-state index contributed by atoms with van der Waals surface area (Å²) >= 11 is 3.12. The van der Waals surface area contributed by atoms with Crippen LogP contribution in [0.5, 0.6) is 0 Å². The van der Waals surface area contributed by atoms with E-state index >= 15 is 0 Å². The van der Waals surface area contributed by atoms with Crippen molar-refractivity contribution in [2.75, 3.05) is 14.1 Å². The lowest BCUT2D eigenvalue weighted by Crippen LogP contribution is -2.33. The van der Waals surface area contributed by atoms with E-state index in [1.165, 1.54) is 26.4 Å². The summed E-state index contributed by atoms with van der Waals surface area (Å²) in [5, 5.41) is 0. The quantitative estimate of drug-likeness (QED) is 0.829. The molecule has 0 saturated carbocycles. The van der Waals surface area contributed by atoms with Crippen LogP contribution >= 0.6 is 15.9 Å². The number of aromatic nitrogens is 1. The van der Waals surface area contributed by atoms with E-state index < -0.39 is 12.2 Å². The maximum absolute atomic E-state index is 12.7. The van der Waals surface area contributed by atoms with Crippen molar-refractivity contribution in [2.24, 2.45) is 0 Å². The molecule has 15 heavy (non-hydrogen) atoms. The van der Waals surface area contributed by atoms with Crippen LogP contribution in [0.1, 0.15) is 11.7 Å². The first-order valence-corrected chi connectivity index (χ1v) is 4.96. The van der Waals surface area contributed by atoms with E-state index in [1.54, 1.807) is 6.07 Å². The van der Waals surface area contributed by atoms with Gasteiger partial charge < -0.3 is 0 Å². The van der Waals surface area contributed by atoms with Crippen LogP contribution < -0.4 is 0 Å².